The summed E-state index contributed by atoms with van der Waals surface area (Å²) in [5, 5.41) is 8.76. The molecule has 138 valence electrons. The van der Waals surface area contributed by atoms with E-state index in [0.29, 0.717) is 29.3 Å². The second kappa shape index (κ2) is 6.88. The van der Waals surface area contributed by atoms with E-state index in [2.05, 4.69) is 4.90 Å². The molecule has 0 bridgehead atoms. The second-order valence-electron chi connectivity index (χ2n) is 7.82. The third kappa shape index (κ3) is 3.40. The van der Waals surface area contributed by atoms with E-state index in [1.54, 1.807) is 6.07 Å². The van der Waals surface area contributed by atoms with Crippen LogP contribution in [-0.2, 0) is 4.79 Å². The summed E-state index contributed by atoms with van der Waals surface area (Å²) in [7, 11) is 0. The minimum atomic E-state index is -1.00. The summed E-state index contributed by atoms with van der Waals surface area (Å²) in [5.74, 6) is -0.259. The number of Topliss-reactive ketones (excluding diaryl/α,β-unsaturated/α-hetero) is 1. The number of piperidine rings is 1. The van der Waals surface area contributed by atoms with Crippen molar-refractivity contribution in [3.8, 4) is 5.75 Å². The fourth-order valence-corrected chi connectivity index (χ4v) is 4.72. The van der Waals surface area contributed by atoms with Gasteiger partial charge in [-0.15, -0.1) is 0 Å². The molecular formula is C21H25NO4. The van der Waals surface area contributed by atoms with Gasteiger partial charge in [-0.2, -0.15) is 0 Å². The zero-order valence-corrected chi connectivity index (χ0v) is 14.9. The van der Waals surface area contributed by atoms with Crippen molar-refractivity contribution >= 4 is 17.8 Å². The zero-order chi connectivity index (χ0) is 18.1. The number of ether oxygens (including phenoxy) is 1. The summed E-state index contributed by atoms with van der Waals surface area (Å²) in [6.45, 7) is 1.94. The summed E-state index contributed by atoms with van der Waals surface area (Å²) in [5.41, 5.74) is 0.875. The van der Waals surface area contributed by atoms with Gasteiger partial charge in [-0.3, -0.25) is 9.69 Å². The Morgan fingerprint density at radius 2 is 2.08 bits per heavy atom. The van der Waals surface area contributed by atoms with Crippen LogP contribution in [0, 0.1) is 0 Å². The van der Waals surface area contributed by atoms with Gasteiger partial charge in [-0.1, -0.05) is 18.9 Å². The SMILES string of the molecule is O=C(O)/C=C/c1ccc2c(c1)C(=O)CC1(CCCN(C3CCCC3)C1)O2. The van der Waals surface area contributed by atoms with Crippen LogP contribution < -0.4 is 4.74 Å². The Morgan fingerprint density at radius 3 is 2.85 bits per heavy atom. The summed E-state index contributed by atoms with van der Waals surface area (Å²) in [6.07, 6.45) is 10.1. The number of hydrogen-bond acceptors (Lipinski definition) is 4. The molecule has 2 heterocycles. The first-order valence-corrected chi connectivity index (χ1v) is 9.56. The van der Waals surface area contributed by atoms with Crippen LogP contribution in [0.2, 0.25) is 0 Å². The highest BCUT2D eigenvalue weighted by Crippen LogP contribution is 2.40. The van der Waals surface area contributed by atoms with E-state index in [0.717, 1.165) is 32.0 Å². The van der Waals surface area contributed by atoms with Crippen molar-refractivity contribution in [1.82, 2.24) is 4.90 Å². The Labute approximate surface area is 153 Å². The van der Waals surface area contributed by atoms with Gasteiger partial charge in [0, 0.05) is 18.7 Å². The van der Waals surface area contributed by atoms with Crippen molar-refractivity contribution < 1.29 is 19.4 Å². The summed E-state index contributed by atoms with van der Waals surface area (Å²) in [6, 6.07) is 6.00. The number of carbonyl (C=O) groups is 2. The molecule has 0 aromatic heterocycles. The van der Waals surface area contributed by atoms with Crippen molar-refractivity contribution in [3.05, 3.63) is 35.4 Å². The average molecular weight is 355 g/mol. The number of carboxylic acid groups (broad SMARTS) is 1. The van der Waals surface area contributed by atoms with Crippen molar-refractivity contribution in [1.29, 1.82) is 0 Å². The molecule has 0 amide bonds. The predicted molar refractivity (Wildman–Crippen MR) is 98.5 cm³/mol. The molecular weight excluding hydrogens is 330 g/mol. The van der Waals surface area contributed by atoms with Crippen LogP contribution in [0.25, 0.3) is 6.08 Å². The largest absolute Gasteiger partial charge is 0.485 e. The van der Waals surface area contributed by atoms with E-state index in [4.69, 9.17) is 9.84 Å². The number of rotatable bonds is 3. The maximum atomic E-state index is 12.8. The van der Waals surface area contributed by atoms with Crippen LogP contribution in [0.4, 0.5) is 0 Å². The van der Waals surface area contributed by atoms with Crippen molar-refractivity contribution in [2.75, 3.05) is 13.1 Å². The van der Waals surface area contributed by atoms with Gasteiger partial charge in [-0.25, -0.2) is 4.79 Å². The number of ketones is 1. The van der Waals surface area contributed by atoms with Gasteiger partial charge >= 0.3 is 5.97 Å². The molecule has 3 aliphatic rings. The smallest absolute Gasteiger partial charge is 0.328 e. The normalized spacial score (nSPS) is 27.0. The molecule has 1 spiro atoms. The van der Waals surface area contributed by atoms with Crippen LogP contribution in [0.3, 0.4) is 0 Å². The molecule has 1 aliphatic carbocycles. The molecule has 2 fully saturated rings. The average Bonchev–Trinajstić information content (AvgIpc) is 3.15. The molecule has 1 aromatic rings. The van der Waals surface area contributed by atoms with Crippen molar-refractivity contribution in [3.63, 3.8) is 0 Å². The van der Waals surface area contributed by atoms with E-state index in [-0.39, 0.29) is 5.78 Å². The molecule has 1 unspecified atom stereocenters. The molecule has 1 atom stereocenters. The van der Waals surface area contributed by atoms with Crippen LogP contribution in [0.5, 0.6) is 5.75 Å². The lowest BCUT2D eigenvalue weighted by molar-refractivity contribution is -0.131. The number of nitrogens with zero attached hydrogens (tertiary/aromatic N) is 1. The van der Waals surface area contributed by atoms with Gasteiger partial charge in [-0.05, 0) is 56.0 Å². The number of carbonyl (C=O) groups excluding carboxylic acids is 1. The summed E-state index contributed by atoms with van der Waals surface area (Å²) in [4.78, 5) is 26.1. The Hall–Kier alpha value is -2.14. The monoisotopic (exact) mass is 355 g/mol. The third-order valence-electron chi connectivity index (χ3n) is 5.94. The highest BCUT2D eigenvalue weighted by molar-refractivity contribution is 6.01. The van der Waals surface area contributed by atoms with Gasteiger partial charge in [0.25, 0.3) is 0 Å². The van der Waals surface area contributed by atoms with E-state index in [1.165, 1.54) is 31.8 Å². The number of likely N-dealkylation sites (tertiary alicyclic amines) is 1. The van der Waals surface area contributed by atoms with Gasteiger partial charge in [0.15, 0.2) is 5.78 Å². The van der Waals surface area contributed by atoms with Crippen LogP contribution >= 0.6 is 0 Å². The third-order valence-corrected chi connectivity index (χ3v) is 5.94. The second-order valence-corrected chi connectivity index (χ2v) is 7.82. The molecule has 1 aromatic carbocycles. The number of carboxylic acids is 1. The van der Waals surface area contributed by atoms with Gasteiger partial charge < -0.3 is 9.84 Å². The fourth-order valence-electron chi connectivity index (χ4n) is 4.72. The van der Waals surface area contributed by atoms with Gasteiger partial charge in [0.05, 0.1) is 12.0 Å². The number of hydrogen-bond donors (Lipinski definition) is 1. The zero-order valence-electron chi connectivity index (χ0n) is 14.9. The van der Waals surface area contributed by atoms with Crippen LogP contribution in [-0.4, -0.2) is 46.5 Å². The Kier molecular flexibility index (Phi) is 4.57. The van der Waals surface area contributed by atoms with Crippen molar-refractivity contribution in [2.24, 2.45) is 0 Å². The Bertz CT molecular complexity index is 750. The maximum Gasteiger partial charge on any atom is 0.328 e. The first-order valence-electron chi connectivity index (χ1n) is 9.56. The van der Waals surface area contributed by atoms with Crippen molar-refractivity contribution in [2.45, 2.75) is 56.6 Å². The minimum absolute atomic E-state index is 0.102. The fraction of sp³-hybridized carbons (Fsp3) is 0.524. The molecule has 1 saturated heterocycles. The highest BCUT2D eigenvalue weighted by Gasteiger charge is 2.45. The van der Waals surface area contributed by atoms with E-state index in [9.17, 15) is 9.59 Å². The lowest BCUT2D eigenvalue weighted by Crippen LogP contribution is -2.56. The standard InChI is InChI=1S/C21H25NO4/c23-18-13-21(10-3-11-22(14-21)16-4-1-2-5-16)26-19-8-6-15(12-17(18)19)7-9-20(24)25/h6-9,12,16H,1-5,10-11,13-14H2,(H,24,25)/b9-7+. The van der Waals surface area contributed by atoms with Crippen LogP contribution in [0.1, 0.15) is 60.9 Å². The minimum Gasteiger partial charge on any atom is -0.485 e. The Balaban J connectivity index is 1.55. The quantitative estimate of drug-likeness (QED) is 0.840. The lowest BCUT2D eigenvalue weighted by Gasteiger charge is -2.46. The van der Waals surface area contributed by atoms with E-state index < -0.39 is 11.6 Å². The number of fused-ring (bicyclic) bond motifs is 1. The molecule has 1 saturated carbocycles. The molecule has 1 N–H and O–H groups in total. The summed E-state index contributed by atoms with van der Waals surface area (Å²) >= 11 is 0. The molecule has 5 nitrogen and oxygen atoms in total. The molecule has 5 heteroatoms. The molecule has 2 aliphatic heterocycles. The van der Waals surface area contributed by atoms with E-state index >= 15 is 0 Å². The highest BCUT2D eigenvalue weighted by atomic mass is 16.5. The van der Waals surface area contributed by atoms with Crippen LogP contribution in [0.15, 0.2) is 24.3 Å². The molecule has 26 heavy (non-hydrogen) atoms. The molecule has 4 rings (SSSR count). The first-order chi connectivity index (χ1) is 12.5. The number of benzene rings is 1. The topological polar surface area (TPSA) is 66.8 Å². The lowest BCUT2D eigenvalue weighted by atomic mass is 9.82. The first kappa shape index (κ1) is 17.3. The Morgan fingerprint density at radius 1 is 1.27 bits per heavy atom. The summed E-state index contributed by atoms with van der Waals surface area (Å²) < 4.78 is 6.40. The number of aliphatic carboxylic acids is 1. The van der Waals surface area contributed by atoms with Gasteiger partial charge in [0.2, 0.25) is 0 Å². The van der Waals surface area contributed by atoms with E-state index in [1.807, 2.05) is 12.1 Å². The van der Waals surface area contributed by atoms with Gasteiger partial charge in [0.1, 0.15) is 11.4 Å². The predicted octanol–water partition coefficient (Wildman–Crippen LogP) is 3.53. The maximum absolute atomic E-state index is 12.8. The molecule has 0 radical (unpaired) electrons.